The van der Waals surface area contributed by atoms with Crippen LogP contribution in [0.3, 0.4) is 0 Å². The van der Waals surface area contributed by atoms with Crippen molar-refractivity contribution < 1.29 is 9.53 Å². The lowest BCUT2D eigenvalue weighted by atomic mass is 10.1. The van der Waals surface area contributed by atoms with E-state index in [1.807, 2.05) is 43.3 Å². The fourth-order valence-corrected chi connectivity index (χ4v) is 3.11. The van der Waals surface area contributed by atoms with E-state index in [1.165, 1.54) is 0 Å². The molecule has 2 heterocycles. The Morgan fingerprint density at radius 3 is 2.96 bits per heavy atom. The van der Waals surface area contributed by atoms with Crippen molar-refractivity contribution >= 4 is 5.91 Å². The summed E-state index contributed by atoms with van der Waals surface area (Å²) < 4.78 is 7.11. The zero-order valence-electron chi connectivity index (χ0n) is 14.5. The first-order chi connectivity index (χ1) is 11.6. The van der Waals surface area contributed by atoms with E-state index in [0.717, 1.165) is 42.9 Å². The molecule has 1 aromatic carbocycles. The van der Waals surface area contributed by atoms with Gasteiger partial charge in [-0.05, 0) is 50.6 Å². The van der Waals surface area contributed by atoms with E-state index in [2.05, 4.69) is 10.4 Å². The van der Waals surface area contributed by atoms with Gasteiger partial charge in [0.25, 0.3) is 5.91 Å². The van der Waals surface area contributed by atoms with Crippen molar-refractivity contribution in [3.63, 3.8) is 0 Å². The summed E-state index contributed by atoms with van der Waals surface area (Å²) in [6.45, 7) is 3.54. The highest BCUT2D eigenvalue weighted by molar-refractivity contribution is 5.92. The molecule has 0 bridgehead atoms. The summed E-state index contributed by atoms with van der Waals surface area (Å²) >= 11 is 0. The molecule has 0 aliphatic carbocycles. The lowest BCUT2D eigenvalue weighted by molar-refractivity contribution is 0.0691. The van der Waals surface area contributed by atoms with Crippen molar-refractivity contribution in [2.75, 3.05) is 27.2 Å². The molecule has 24 heavy (non-hydrogen) atoms. The third-order valence-electron chi connectivity index (χ3n) is 4.51. The normalized spacial score (nSPS) is 17.8. The van der Waals surface area contributed by atoms with Gasteiger partial charge < -0.3 is 15.0 Å². The molecule has 0 unspecified atom stereocenters. The molecule has 2 aromatic rings. The van der Waals surface area contributed by atoms with Crippen LogP contribution in [0.4, 0.5) is 0 Å². The van der Waals surface area contributed by atoms with Gasteiger partial charge in [-0.25, -0.2) is 4.68 Å². The summed E-state index contributed by atoms with van der Waals surface area (Å²) in [6, 6.07) is 8.03. The number of benzene rings is 1. The molecule has 1 fully saturated rings. The summed E-state index contributed by atoms with van der Waals surface area (Å²) in [4.78, 5) is 14.6. The lowest BCUT2D eigenvalue weighted by Crippen LogP contribution is -2.47. The molecule has 1 atom stereocenters. The van der Waals surface area contributed by atoms with Gasteiger partial charge in [0.05, 0.1) is 7.11 Å². The van der Waals surface area contributed by atoms with E-state index >= 15 is 0 Å². The topological polar surface area (TPSA) is 59.4 Å². The highest BCUT2D eigenvalue weighted by Crippen LogP contribution is 2.24. The third kappa shape index (κ3) is 3.28. The number of piperidine rings is 1. The molecule has 1 aromatic heterocycles. The van der Waals surface area contributed by atoms with Crippen molar-refractivity contribution in [1.82, 2.24) is 20.0 Å². The number of likely N-dealkylation sites (tertiary alicyclic amines) is 1. The van der Waals surface area contributed by atoms with Crippen molar-refractivity contribution in [2.45, 2.75) is 25.8 Å². The molecule has 6 heteroatoms. The van der Waals surface area contributed by atoms with Gasteiger partial charge in [0.1, 0.15) is 11.4 Å². The van der Waals surface area contributed by atoms with Gasteiger partial charge in [-0.1, -0.05) is 6.07 Å². The number of aromatic nitrogens is 2. The van der Waals surface area contributed by atoms with Crippen LogP contribution in [-0.4, -0.2) is 53.9 Å². The molecular weight excluding hydrogens is 304 g/mol. The van der Waals surface area contributed by atoms with Crippen LogP contribution in [0.25, 0.3) is 5.69 Å². The number of carbonyl (C=O) groups is 1. The average Bonchev–Trinajstić information content (AvgIpc) is 3.11. The predicted octanol–water partition coefficient (Wildman–Crippen LogP) is 2.01. The number of nitrogens with zero attached hydrogens (tertiary/aromatic N) is 3. The van der Waals surface area contributed by atoms with E-state index in [9.17, 15) is 4.79 Å². The molecular formula is C18H24N4O2. The highest BCUT2D eigenvalue weighted by Gasteiger charge is 2.25. The Labute approximate surface area is 142 Å². The fourth-order valence-electron chi connectivity index (χ4n) is 3.11. The minimum Gasteiger partial charge on any atom is -0.494 e. The Balaban J connectivity index is 1.83. The molecule has 3 rings (SSSR count). The Bertz CT molecular complexity index is 726. The molecule has 0 radical (unpaired) electrons. The van der Waals surface area contributed by atoms with Gasteiger partial charge in [-0.3, -0.25) is 4.79 Å². The third-order valence-corrected chi connectivity index (χ3v) is 4.51. The van der Waals surface area contributed by atoms with Crippen molar-refractivity contribution in [2.24, 2.45) is 0 Å². The molecule has 0 saturated carbocycles. The number of ether oxygens (including phenoxy) is 1. The lowest BCUT2D eigenvalue weighted by Gasteiger charge is -2.32. The van der Waals surface area contributed by atoms with E-state index in [-0.39, 0.29) is 5.91 Å². The fraction of sp³-hybridized carbons (Fsp3) is 0.444. The summed E-state index contributed by atoms with van der Waals surface area (Å²) in [6.07, 6.45) is 3.93. The van der Waals surface area contributed by atoms with Crippen LogP contribution in [-0.2, 0) is 0 Å². The number of likely N-dealkylation sites (N-methyl/N-ethyl adjacent to an activating group) is 1. The van der Waals surface area contributed by atoms with Crippen LogP contribution in [0, 0.1) is 6.92 Å². The van der Waals surface area contributed by atoms with Gasteiger partial charge in [-0.15, -0.1) is 0 Å². The standard InChI is InChI=1S/C18H24N4O2/c1-13-6-7-17(24-3)16(11-13)22-10-8-15(20-22)18(23)21-9-4-5-14(12-21)19-2/h6-8,10-11,14,19H,4-5,9,12H2,1-3H3/t14-/m1/s1. The molecule has 6 nitrogen and oxygen atoms in total. The number of amides is 1. The largest absolute Gasteiger partial charge is 0.494 e. The van der Waals surface area contributed by atoms with Gasteiger partial charge in [0, 0.05) is 25.3 Å². The van der Waals surface area contributed by atoms with Crippen LogP contribution in [0.5, 0.6) is 5.75 Å². The number of carbonyl (C=O) groups excluding carboxylic acids is 1. The summed E-state index contributed by atoms with van der Waals surface area (Å²) in [5.74, 6) is 0.719. The maximum absolute atomic E-state index is 12.7. The molecule has 1 saturated heterocycles. The second-order valence-corrected chi connectivity index (χ2v) is 6.20. The molecule has 1 aliphatic rings. The second-order valence-electron chi connectivity index (χ2n) is 6.20. The number of hydrogen-bond acceptors (Lipinski definition) is 4. The number of hydrogen-bond donors (Lipinski definition) is 1. The molecule has 1 amide bonds. The maximum Gasteiger partial charge on any atom is 0.274 e. The van der Waals surface area contributed by atoms with Crippen LogP contribution >= 0.6 is 0 Å². The zero-order chi connectivity index (χ0) is 17.1. The molecule has 0 spiro atoms. The number of nitrogens with one attached hydrogen (secondary N) is 1. The van der Waals surface area contributed by atoms with E-state index < -0.39 is 0 Å². The van der Waals surface area contributed by atoms with Gasteiger partial charge in [0.15, 0.2) is 5.69 Å². The first kappa shape index (κ1) is 16.5. The van der Waals surface area contributed by atoms with Crippen molar-refractivity contribution in [3.8, 4) is 11.4 Å². The van der Waals surface area contributed by atoms with Crippen LogP contribution in [0.2, 0.25) is 0 Å². The van der Waals surface area contributed by atoms with E-state index in [4.69, 9.17) is 4.74 Å². The quantitative estimate of drug-likeness (QED) is 0.933. The first-order valence-electron chi connectivity index (χ1n) is 8.29. The molecule has 1 aliphatic heterocycles. The minimum absolute atomic E-state index is 0.0136. The minimum atomic E-state index is -0.0136. The van der Waals surface area contributed by atoms with Gasteiger partial charge in [0.2, 0.25) is 0 Å². The molecule has 128 valence electrons. The van der Waals surface area contributed by atoms with E-state index in [1.54, 1.807) is 17.9 Å². The Morgan fingerprint density at radius 2 is 2.21 bits per heavy atom. The number of methoxy groups -OCH3 is 1. The highest BCUT2D eigenvalue weighted by atomic mass is 16.5. The predicted molar refractivity (Wildman–Crippen MR) is 92.8 cm³/mol. The average molecular weight is 328 g/mol. The van der Waals surface area contributed by atoms with Gasteiger partial charge in [-0.2, -0.15) is 5.10 Å². The summed E-state index contributed by atoms with van der Waals surface area (Å²) in [5.41, 5.74) is 2.42. The smallest absolute Gasteiger partial charge is 0.274 e. The number of aryl methyl sites for hydroxylation is 1. The SMILES string of the molecule is CN[C@@H]1CCCN(C(=O)c2ccn(-c3cc(C)ccc3OC)n2)C1. The Kier molecular flexibility index (Phi) is 4.85. The number of rotatable bonds is 4. The summed E-state index contributed by atoms with van der Waals surface area (Å²) in [5, 5.41) is 7.74. The second kappa shape index (κ2) is 7.05. The van der Waals surface area contributed by atoms with E-state index in [0.29, 0.717) is 11.7 Å². The zero-order valence-corrected chi connectivity index (χ0v) is 14.5. The van der Waals surface area contributed by atoms with Crippen LogP contribution in [0.1, 0.15) is 28.9 Å². The Hall–Kier alpha value is -2.34. The van der Waals surface area contributed by atoms with Crippen LogP contribution in [0.15, 0.2) is 30.5 Å². The Morgan fingerprint density at radius 1 is 1.38 bits per heavy atom. The van der Waals surface area contributed by atoms with Crippen LogP contribution < -0.4 is 10.1 Å². The monoisotopic (exact) mass is 328 g/mol. The van der Waals surface area contributed by atoms with Gasteiger partial charge >= 0.3 is 0 Å². The summed E-state index contributed by atoms with van der Waals surface area (Å²) in [7, 11) is 3.58. The maximum atomic E-state index is 12.7. The van der Waals surface area contributed by atoms with Crippen molar-refractivity contribution in [1.29, 1.82) is 0 Å². The first-order valence-corrected chi connectivity index (χ1v) is 8.29. The molecule has 1 N–H and O–H groups in total. The van der Waals surface area contributed by atoms with Crippen molar-refractivity contribution in [3.05, 3.63) is 41.7 Å².